The predicted octanol–water partition coefficient (Wildman–Crippen LogP) is -3.73. The summed E-state index contributed by atoms with van der Waals surface area (Å²) in [6.45, 7) is -0.915. The molecule has 0 bridgehead atoms. The van der Waals surface area contributed by atoms with Gasteiger partial charge in [-0.3, -0.25) is 9.88 Å². The first kappa shape index (κ1) is 14.5. The number of aliphatic hydroxyl groups is 4. The van der Waals surface area contributed by atoms with Gasteiger partial charge in [-0.25, -0.2) is 4.57 Å². The number of amides is 1. The number of aliphatic hydroxyl groups excluding tert-OH is 4. The van der Waals surface area contributed by atoms with Crippen molar-refractivity contribution in [2.75, 3.05) is 6.61 Å². The molecule has 0 heterocycles. The number of hydrogen-bond acceptors (Lipinski definition) is 6. The Morgan fingerprint density at radius 2 is 1.73 bits per heavy atom. The highest BCUT2D eigenvalue weighted by Gasteiger charge is 2.32. The molecule has 0 aliphatic carbocycles. The first-order chi connectivity index (χ1) is 6.69. The average molecular weight is 245 g/mol. The lowest BCUT2D eigenvalue weighted by atomic mass is 10.1. The van der Waals surface area contributed by atoms with Crippen LogP contribution < -0.4 is 5.09 Å². The quantitative estimate of drug-likeness (QED) is 0.242. The van der Waals surface area contributed by atoms with Gasteiger partial charge < -0.3 is 30.2 Å². The van der Waals surface area contributed by atoms with E-state index in [2.05, 4.69) is 0 Å². The third kappa shape index (κ3) is 5.19. The summed E-state index contributed by atoms with van der Waals surface area (Å²) in [6.07, 6.45) is -6.08. The molecule has 0 spiro atoms. The molecule has 0 aromatic heterocycles. The number of nitrogens with one attached hydrogen (secondary N) is 1. The predicted molar refractivity (Wildman–Crippen MR) is 45.3 cm³/mol. The highest BCUT2D eigenvalue weighted by atomic mass is 31.2. The minimum atomic E-state index is -4.87. The van der Waals surface area contributed by atoms with E-state index in [9.17, 15) is 9.36 Å². The van der Waals surface area contributed by atoms with Gasteiger partial charge in [0.15, 0.2) is 6.10 Å². The lowest BCUT2D eigenvalue weighted by molar-refractivity contribution is -0.140. The van der Waals surface area contributed by atoms with Crippen molar-refractivity contribution < 1.29 is 39.6 Å². The van der Waals surface area contributed by atoms with Crippen LogP contribution in [0, 0.1) is 0 Å². The second kappa shape index (κ2) is 5.52. The van der Waals surface area contributed by atoms with Crippen molar-refractivity contribution >= 4 is 13.7 Å². The zero-order valence-electron chi connectivity index (χ0n) is 7.39. The Morgan fingerprint density at radius 3 is 2.07 bits per heavy atom. The molecule has 0 radical (unpaired) electrons. The molecule has 9 nitrogen and oxygen atoms in total. The van der Waals surface area contributed by atoms with E-state index in [-0.39, 0.29) is 0 Å². The summed E-state index contributed by atoms with van der Waals surface area (Å²) in [5.41, 5.74) is 0. The van der Waals surface area contributed by atoms with Crippen molar-refractivity contribution in [1.29, 1.82) is 0 Å². The zero-order valence-corrected chi connectivity index (χ0v) is 8.28. The van der Waals surface area contributed by atoms with Crippen LogP contribution >= 0.6 is 7.75 Å². The van der Waals surface area contributed by atoms with Gasteiger partial charge in [0.1, 0.15) is 12.2 Å². The number of carbonyl (C=O) groups is 1. The van der Waals surface area contributed by atoms with Crippen LogP contribution in [0.5, 0.6) is 0 Å². The van der Waals surface area contributed by atoms with Crippen molar-refractivity contribution in [2.45, 2.75) is 18.3 Å². The Labute approximate surface area is 84.2 Å². The molecule has 0 aliphatic heterocycles. The van der Waals surface area contributed by atoms with E-state index >= 15 is 0 Å². The van der Waals surface area contributed by atoms with Gasteiger partial charge in [-0.05, 0) is 0 Å². The number of carbonyl (C=O) groups excluding carboxylic acids is 1. The summed E-state index contributed by atoms with van der Waals surface area (Å²) in [5, 5.41) is 36.2. The smallest absolute Gasteiger partial charge is 0.394 e. The molecule has 90 valence electrons. The molecule has 0 aromatic rings. The fourth-order valence-corrected chi connectivity index (χ4v) is 1.10. The molecule has 10 heteroatoms. The van der Waals surface area contributed by atoms with Crippen LogP contribution in [0.2, 0.25) is 0 Å². The molecule has 1 amide bonds. The molecular formula is C5H12NO8P. The van der Waals surface area contributed by atoms with Crippen LogP contribution in [0.3, 0.4) is 0 Å². The Morgan fingerprint density at radius 1 is 1.27 bits per heavy atom. The summed E-state index contributed by atoms with van der Waals surface area (Å²) in [4.78, 5) is 27.4. The van der Waals surface area contributed by atoms with Crippen molar-refractivity contribution in [2.24, 2.45) is 0 Å². The maximum Gasteiger partial charge on any atom is 0.429 e. The molecule has 15 heavy (non-hydrogen) atoms. The summed E-state index contributed by atoms with van der Waals surface area (Å²) in [7, 11) is -4.87. The van der Waals surface area contributed by atoms with Crippen LogP contribution in [-0.2, 0) is 9.36 Å². The molecule has 0 unspecified atom stereocenters. The lowest BCUT2D eigenvalue weighted by Gasteiger charge is -2.20. The largest absolute Gasteiger partial charge is 0.429 e. The van der Waals surface area contributed by atoms with Crippen LogP contribution in [0.4, 0.5) is 0 Å². The minimum absolute atomic E-state index is 0.915. The van der Waals surface area contributed by atoms with Gasteiger partial charge in [0.05, 0.1) is 6.61 Å². The highest BCUT2D eigenvalue weighted by Crippen LogP contribution is 2.28. The third-order valence-electron chi connectivity index (χ3n) is 1.43. The molecule has 7 N–H and O–H groups in total. The molecule has 0 fully saturated rings. The van der Waals surface area contributed by atoms with Gasteiger partial charge in [0, 0.05) is 0 Å². The maximum absolute atomic E-state index is 10.8. The SMILES string of the molecule is O=C(NP(=O)(O)O)[C@@H](O)[C@H](O)[C@H](O)CO. The second-order valence-corrected chi connectivity index (χ2v) is 4.02. The molecular weight excluding hydrogens is 233 g/mol. The standard InChI is InChI=1S/C5H12NO8P/c7-1-2(8)3(9)4(10)5(11)6-15(12,13)14/h2-4,7-10H,1H2,(H3,6,11,12,13,14)/t2-,3-,4+/m1/s1. The summed E-state index contributed by atoms with van der Waals surface area (Å²) in [5.74, 6) is -1.55. The van der Waals surface area contributed by atoms with E-state index in [4.69, 9.17) is 30.2 Å². The van der Waals surface area contributed by atoms with Gasteiger partial charge in [-0.1, -0.05) is 0 Å². The van der Waals surface area contributed by atoms with Crippen molar-refractivity contribution in [3.05, 3.63) is 0 Å². The molecule has 0 aliphatic rings. The summed E-state index contributed by atoms with van der Waals surface area (Å²) >= 11 is 0. The minimum Gasteiger partial charge on any atom is -0.394 e. The maximum atomic E-state index is 10.8. The van der Waals surface area contributed by atoms with E-state index in [1.165, 1.54) is 0 Å². The molecule has 0 aromatic carbocycles. The highest BCUT2D eigenvalue weighted by molar-refractivity contribution is 7.50. The summed E-state index contributed by atoms with van der Waals surface area (Å²) in [6, 6.07) is 0. The van der Waals surface area contributed by atoms with Gasteiger partial charge in [-0.2, -0.15) is 0 Å². The number of rotatable bonds is 5. The van der Waals surface area contributed by atoms with Crippen LogP contribution in [0.25, 0.3) is 0 Å². The van der Waals surface area contributed by atoms with E-state index in [0.29, 0.717) is 0 Å². The topological polar surface area (TPSA) is 168 Å². The Kier molecular flexibility index (Phi) is 5.32. The lowest BCUT2D eigenvalue weighted by Crippen LogP contribution is -2.47. The fraction of sp³-hybridized carbons (Fsp3) is 0.800. The van der Waals surface area contributed by atoms with E-state index < -0.39 is 38.6 Å². The van der Waals surface area contributed by atoms with Crippen molar-refractivity contribution in [3.63, 3.8) is 0 Å². The Hall–Kier alpha value is -0.540. The van der Waals surface area contributed by atoms with Crippen LogP contribution in [0.15, 0.2) is 0 Å². The summed E-state index contributed by atoms with van der Waals surface area (Å²) < 4.78 is 10.3. The van der Waals surface area contributed by atoms with E-state index in [0.717, 1.165) is 5.09 Å². The van der Waals surface area contributed by atoms with Gasteiger partial charge in [0.25, 0.3) is 5.91 Å². The van der Waals surface area contributed by atoms with Gasteiger partial charge in [0.2, 0.25) is 0 Å². The molecule has 0 saturated heterocycles. The number of hydrogen-bond donors (Lipinski definition) is 7. The first-order valence-corrected chi connectivity index (χ1v) is 5.33. The molecule has 3 atom stereocenters. The van der Waals surface area contributed by atoms with Gasteiger partial charge in [-0.15, -0.1) is 0 Å². The fourth-order valence-electron chi connectivity index (χ4n) is 0.683. The Balaban J connectivity index is 4.38. The second-order valence-electron chi connectivity index (χ2n) is 2.71. The van der Waals surface area contributed by atoms with Crippen LogP contribution in [-0.4, -0.2) is 61.0 Å². The zero-order chi connectivity index (χ0) is 12.2. The van der Waals surface area contributed by atoms with Gasteiger partial charge >= 0.3 is 7.75 Å². The van der Waals surface area contributed by atoms with Crippen molar-refractivity contribution in [1.82, 2.24) is 5.09 Å². The monoisotopic (exact) mass is 245 g/mol. The first-order valence-electron chi connectivity index (χ1n) is 3.71. The molecule has 0 rings (SSSR count). The normalized spacial score (nSPS) is 18.0. The Bertz CT molecular complexity index is 264. The van der Waals surface area contributed by atoms with Crippen LogP contribution in [0.1, 0.15) is 0 Å². The average Bonchev–Trinajstić information content (AvgIpc) is 2.11. The van der Waals surface area contributed by atoms with E-state index in [1.807, 2.05) is 0 Å². The third-order valence-corrected chi connectivity index (χ3v) is 1.94. The van der Waals surface area contributed by atoms with Crippen molar-refractivity contribution in [3.8, 4) is 0 Å². The van der Waals surface area contributed by atoms with E-state index in [1.54, 1.807) is 0 Å². The molecule has 0 saturated carbocycles.